The molecule has 0 spiro atoms. The molecule has 48 heavy (non-hydrogen) atoms. The third-order valence-electron chi connectivity index (χ3n) is 8.56. The number of aryl methyl sites for hydroxylation is 2. The fourth-order valence-electron chi connectivity index (χ4n) is 6.22. The molecule has 0 aliphatic carbocycles. The topological polar surface area (TPSA) is 119 Å². The van der Waals surface area contributed by atoms with Crippen molar-refractivity contribution in [2.45, 2.75) is 42.3 Å². The molecule has 3 atom stereocenters. The lowest BCUT2D eigenvalue weighted by Crippen LogP contribution is -2.67. The molecule has 2 aliphatic heterocycles. The maximum absolute atomic E-state index is 14.2. The molecule has 10 nitrogen and oxygen atoms in total. The van der Waals surface area contributed by atoms with E-state index in [1.807, 2.05) is 53.4 Å². The van der Waals surface area contributed by atoms with E-state index in [0.29, 0.717) is 18.5 Å². The van der Waals surface area contributed by atoms with Gasteiger partial charge in [0.2, 0.25) is 10.0 Å². The van der Waals surface area contributed by atoms with Crippen molar-refractivity contribution in [3.63, 3.8) is 0 Å². The van der Waals surface area contributed by atoms with Gasteiger partial charge in [-0.05, 0) is 72.5 Å². The number of para-hydroxylation sites is 3. The number of halogens is 3. The summed E-state index contributed by atoms with van der Waals surface area (Å²) < 4.78 is 102. The van der Waals surface area contributed by atoms with Crippen LogP contribution in [0.4, 0.5) is 30.2 Å². The molecule has 0 radical (unpaired) electrons. The van der Waals surface area contributed by atoms with Crippen molar-refractivity contribution < 1.29 is 39.9 Å². The minimum atomic E-state index is -4.97. The number of hydrogen-bond acceptors (Lipinski definition) is 7. The molecule has 15 heteroatoms. The number of anilines is 3. The number of rotatable bonds is 8. The first kappa shape index (κ1) is 33.7. The van der Waals surface area contributed by atoms with Crippen molar-refractivity contribution in [1.29, 1.82) is 0 Å². The van der Waals surface area contributed by atoms with E-state index in [4.69, 9.17) is 0 Å². The van der Waals surface area contributed by atoms with Gasteiger partial charge in [-0.1, -0.05) is 54.6 Å². The zero-order chi connectivity index (χ0) is 34.3. The second kappa shape index (κ2) is 13.0. The lowest BCUT2D eigenvalue weighted by Gasteiger charge is -2.47. The number of nitrogens with zero attached hydrogens (tertiary/aromatic N) is 3. The summed E-state index contributed by atoms with van der Waals surface area (Å²) in [5.41, 5.74) is 3.83. The highest BCUT2D eigenvalue weighted by Crippen LogP contribution is 2.40. The smallest absolute Gasteiger partial charge is 0.406 e. The van der Waals surface area contributed by atoms with Crippen LogP contribution in [0, 0.1) is 0 Å². The maximum atomic E-state index is 14.2. The largest absolute Gasteiger partial charge is 0.573 e. The number of aliphatic hydroxyl groups is 1. The van der Waals surface area contributed by atoms with Gasteiger partial charge in [-0.15, -0.1) is 13.2 Å². The molecule has 254 valence electrons. The van der Waals surface area contributed by atoms with Gasteiger partial charge in [0.25, 0.3) is 0 Å². The average molecular weight is 703 g/mol. The van der Waals surface area contributed by atoms with E-state index in [1.165, 1.54) is 7.05 Å². The van der Waals surface area contributed by atoms with Crippen LogP contribution in [0.5, 0.6) is 5.75 Å². The van der Waals surface area contributed by atoms with Crippen LogP contribution in [0.3, 0.4) is 0 Å². The Labute approximate surface area is 277 Å². The van der Waals surface area contributed by atoms with E-state index < -0.39 is 62.0 Å². The molecule has 0 amide bonds. The Kier molecular flexibility index (Phi) is 9.17. The zero-order valence-corrected chi connectivity index (χ0v) is 27.3. The predicted molar refractivity (Wildman–Crippen MR) is 175 cm³/mol. The molecule has 4 aromatic carbocycles. The summed E-state index contributed by atoms with van der Waals surface area (Å²) in [5.74, 6) is -0.612. The number of sulfonamides is 1. The highest BCUT2D eigenvalue weighted by Gasteiger charge is 2.46. The van der Waals surface area contributed by atoms with Crippen molar-refractivity contribution in [2.75, 3.05) is 29.3 Å². The third-order valence-corrected chi connectivity index (χ3v) is 11.9. The quantitative estimate of drug-likeness (QED) is 0.276. The van der Waals surface area contributed by atoms with Gasteiger partial charge in [0, 0.05) is 31.5 Å². The normalized spacial score (nSPS) is 20.4. The Hall–Kier alpha value is -4.15. The van der Waals surface area contributed by atoms with E-state index in [-0.39, 0.29) is 6.54 Å². The summed E-state index contributed by atoms with van der Waals surface area (Å²) in [4.78, 5) is 1.49. The molecule has 0 aromatic heterocycles. The molecular weight excluding hydrogens is 670 g/mol. The van der Waals surface area contributed by atoms with Gasteiger partial charge in [-0.2, -0.15) is 12.7 Å². The predicted octanol–water partition coefficient (Wildman–Crippen LogP) is 4.60. The Balaban J connectivity index is 1.41. The summed E-state index contributed by atoms with van der Waals surface area (Å²) in [6.07, 6.45) is -5.02. The van der Waals surface area contributed by atoms with Crippen LogP contribution < -0.4 is 18.7 Å². The Morgan fingerprint density at radius 1 is 0.792 bits per heavy atom. The lowest BCUT2D eigenvalue weighted by atomic mass is 9.96. The average Bonchev–Trinajstić information content (AvgIpc) is 3.22. The monoisotopic (exact) mass is 702 g/mol. The van der Waals surface area contributed by atoms with E-state index >= 15 is 0 Å². The summed E-state index contributed by atoms with van der Waals surface area (Å²) in [5, 5.41) is 12.0. The van der Waals surface area contributed by atoms with Gasteiger partial charge in [0.15, 0.2) is 0 Å². The molecule has 1 fully saturated rings. The van der Waals surface area contributed by atoms with E-state index in [2.05, 4.69) is 9.46 Å². The molecule has 2 N–H and O–H groups in total. The third kappa shape index (κ3) is 6.87. The fourth-order valence-corrected chi connectivity index (χ4v) is 8.89. The molecule has 0 saturated carbocycles. The molecular formula is C33H33F3N4O6S2. The van der Waals surface area contributed by atoms with Gasteiger partial charge < -0.3 is 14.7 Å². The molecule has 0 unspecified atom stereocenters. The minimum absolute atomic E-state index is 0.189. The van der Waals surface area contributed by atoms with Gasteiger partial charge in [0.1, 0.15) is 5.75 Å². The van der Waals surface area contributed by atoms with Crippen molar-refractivity contribution >= 4 is 37.3 Å². The number of alkyl halides is 3. The van der Waals surface area contributed by atoms with Crippen LogP contribution in [0.2, 0.25) is 0 Å². The van der Waals surface area contributed by atoms with Crippen LogP contribution in [-0.4, -0.2) is 70.9 Å². The molecule has 1 saturated heterocycles. The highest BCUT2D eigenvalue weighted by molar-refractivity contribution is 7.90. The standard InChI is InChI=1S/C33H33F3N4O6S2/c1-38(25-11-3-2-4-12-25)48(44,45)39-21-28(37-47(42,43)27-19-17-26(18-20-27)46-33(34,35)36)32(41)31(22-39)40-29-13-7-5-9-23(29)15-16-24-10-6-8-14-30(24)40/h2-14,17-20,28,31-32,37,41H,15-16,21-22H2,1H3/t28-,31+,32+/m1/s1. The maximum Gasteiger partial charge on any atom is 0.573 e. The number of nitrogens with one attached hydrogen (secondary N) is 1. The Bertz CT molecular complexity index is 1930. The summed E-state index contributed by atoms with van der Waals surface area (Å²) in [7, 11) is -7.36. The van der Waals surface area contributed by atoms with Crippen LogP contribution in [0.1, 0.15) is 11.1 Å². The van der Waals surface area contributed by atoms with E-state index in [0.717, 1.165) is 55.4 Å². The van der Waals surface area contributed by atoms with Gasteiger partial charge in [-0.3, -0.25) is 4.31 Å². The number of aliphatic hydroxyl groups excluding tert-OH is 1. The first-order chi connectivity index (χ1) is 22.7. The minimum Gasteiger partial charge on any atom is -0.406 e. The molecule has 0 bridgehead atoms. The molecule has 6 rings (SSSR count). The van der Waals surface area contributed by atoms with Crippen molar-refractivity contribution in [1.82, 2.24) is 9.03 Å². The zero-order valence-electron chi connectivity index (χ0n) is 25.7. The van der Waals surface area contributed by atoms with E-state index in [9.17, 15) is 35.1 Å². The van der Waals surface area contributed by atoms with Crippen LogP contribution in [0.25, 0.3) is 0 Å². The van der Waals surface area contributed by atoms with Crippen LogP contribution in [-0.2, 0) is 33.1 Å². The fraction of sp³-hybridized carbons (Fsp3) is 0.273. The molecule has 2 aliphatic rings. The lowest BCUT2D eigenvalue weighted by molar-refractivity contribution is -0.274. The summed E-state index contributed by atoms with van der Waals surface area (Å²) in [6.45, 7) is -0.617. The summed E-state index contributed by atoms with van der Waals surface area (Å²) >= 11 is 0. The number of ether oxygens (including phenoxy) is 1. The van der Waals surface area contributed by atoms with Gasteiger partial charge in [0.05, 0.1) is 28.8 Å². The van der Waals surface area contributed by atoms with Crippen molar-refractivity contribution in [3.8, 4) is 5.75 Å². The Morgan fingerprint density at radius 3 is 1.90 bits per heavy atom. The second-order valence-electron chi connectivity index (χ2n) is 11.6. The van der Waals surface area contributed by atoms with Crippen LogP contribution >= 0.6 is 0 Å². The van der Waals surface area contributed by atoms with Gasteiger partial charge in [-0.25, -0.2) is 13.1 Å². The number of fused-ring (bicyclic) bond motifs is 2. The molecule has 4 aromatic rings. The van der Waals surface area contributed by atoms with Crippen LogP contribution in [0.15, 0.2) is 108 Å². The van der Waals surface area contributed by atoms with Crippen molar-refractivity contribution in [3.05, 3.63) is 114 Å². The summed E-state index contributed by atoms with van der Waals surface area (Å²) in [6, 6.07) is 24.9. The first-order valence-electron chi connectivity index (χ1n) is 15.0. The molecule has 2 heterocycles. The van der Waals surface area contributed by atoms with Gasteiger partial charge >= 0.3 is 16.6 Å². The van der Waals surface area contributed by atoms with Crippen molar-refractivity contribution in [2.24, 2.45) is 0 Å². The number of benzene rings is 4. The number of piperidine rings is 1. The number of hydrogen-bond donors (Lipinski definition) is 2. The highest BCUT2D eigenvalue weighted by atomic mass is 32.2. The Morgan fingerprint density at radius 2 is 1.33 bits per heavy atom. The van der Waals surface area contributed by atoms with E-state index in [1.54, 1.807) is 30.3 Å². The second-order valence-corrected chi connectivity index (χ2v) is 15.2. The SMILES string of the molecule is CN(c1ccccc1)S(=O)(=O)N1C[C@@H](NS(=O)(=O)c2ccc(OC(F)(F)F)cc2)[C@H](O)[C@@H](N2c3ccccc3CCc3ccccc32)C1. The first-order valence-corrected chi connectivity index (χ1v) is 17.9.